The van der Waals surface area contributed by atoms with Gasteiger partial charge in [0.05, 0.1) is 6.61 Å². The molecule has 3 N–H and O–H groups in total. The summed E-state index contributed by atoms with van der Waals surface area (Å²) in [7, 11) is -1.55. The molecule has 0 aromatic heterocycles. The van der Waals surface area contributed by atoms with E-state index in [1.165, 1.54) is 0 Å². The highest BCUT2D eigenvalue weighted by atomic mass is 31.2. The molecule has 2 unspecified atom stereocenters. The van der Waals surface area contributed by atoms with Gasteiger partial charge in [-0.15, -0.1) is 0 Å². The molecule has 1 rings (SSSR count). The van der Waals surface area contributed by atoms with E-state index in [1.54, 1.807) is 0 Å². The Hall–Kier alpha value is -0.380. The molecule has 112 valence electrons. The van der Waals surface area contributed by atoms with Crippen LogP contribution in [0.2, 0.25) is 0 Å². The van der Waals surface area contributed by atoms with Crippen molar-refractivity contribution in [1.82, 2.24) is 0 Å². The number of carbonyl (C=O) groups excluding carboxylic acids is 1. The van der Waals surface area contributed by atoms with Gasteiger partial charge in [-0.2, -0.15) is 0 Å². The Bertz CT molecular complexity index is 341. The smallest absolute Gasteiger partial charge is 0.388 e. The van der Waals surface area contributed by atoms with Crippen LogP contribution in [0.3, 0.4) is 0 Å². The molecule has 5 atom stereocenters. The maximum atomic E-state index is 11.6. The summed E-state index contributed by atoms with van der Waals surface area (Å²) in [6, 6.07) is 0. The van der Waals surface area contributed by atoms with Crippen LogP contribution >= 0.6 is 7.82 Å². The van der Waals surface area contributed by atoms with Crippen LogP contribution < -0.4 is 0 Å². The van der Waals surface area contributed by atoms with Gasteiger partial charge in [0, 0.05) is 14.2 Å². The van der Waals surface area contributed by atoms with Crippen molar-refractivity contribution >= 4 is 14.1 Å². The van der Waals surface area contributed by atoms with Crippen molar-refractivity contribution in [2.24, 2.45) is 0 Å². The lowest BCUT2D eigenvalue weighted by Gasteiger charge is -2.38. The number of carbonyl (C=O) groups is 1. The minimum atomic E-state index is -3.76. The van der Waals surface area contributed by atoms with Crippen molar-refractivity contribution in [2.75, 3.05) is 20.8 Å². The van der Waals surface area contributed by atoms with Crippen molar-refractivity contribution in [3.63, 3.8) is 0 Å². The van der Waals surface area contributed by atoms with E-state index in [0.29, 0.717) is 6.29 Å². The molecular formula is C9H17O9P. The standard InChI is InChI=1S/C9H17O9P/c1-15-19(14,16-2)17-4-6-8(12)9(13)7(11)5(3-10)18-6/h3,5-9,11-13H,4H2,1-2H3/t5-,6?,7?,8-,9-/m1/s1. The van der Waals surface area contributed by atoms with Crippen molar-refractivity contribution in [3.05, 3.63) is 0 Å². The van der Waals surface area contributed by atoms with Crippen LogP contribution in [0.15, 0.2) is 0 Å². The van der Waals surface area contributed by atoms with Gasteiger partial charge in [0.1, 0.15) is 30.5 Å². The first-order valence-electron chi connectivity index (χ1n) is 5.39. The molecule has 0 amide bonds. The summed E-state index contributed by atoms with van der Waals surface area (Å²) < 4.78 is 30.5. The molecule has 0 aromatic rings. The Morgan fingerprint density at radius 3 is 2.21 bits per heavy atom. The van der Waals surface area contributed by atoms with E-state index >= 15 is 0 Å². The van der Waals surface area contributed by atoms with Crippen molar-refractivity contribution in [1.29, 1.82) is 0 Å². The first kappa shape index (κ1) is 16.7. The highest BCUT2D eigenvalue weighted by molar-refractivity contribution is 7.48. The lowest BCUT2D eigenvalue weighted by molar-refractivity contribution is -0.220. The Morgan fingerprint density at radius 1 is 1.16 bits per heavy atom. The van der Waals surface area contributed by atoms with Crippen molar-refractivity contribution < 1.29 is 43.0 Å². The van der Waals surface area contributed by atoms with E-state index in [2.05, 4.69) is 9.05 Å². The van der Waals surface area contributed by atoms with Gasteiger partial charge in [-0.05, 0) is 0 Å². The van der Waals surface area contributed by atoms with Crippen LogP contribution in [0.4, 0.5) is 0 Å². The summed E-state index contributed by atoms with van der Waals surface area (Å²) in [5, 5.41) is 28.6. The number of aldehydes is 1. The minimum Gasteiger partial charge on any atom is -0.388 e. The van der Waals surface area contributed by atoms with E-state index in [9.17, 15) is 24.7 Å². The second kappa shape index (κ2) is 6.87. The van der Waals surface area contributed by atoms with Gasteiger partial charge in [0.25, 0.3) is 0 Å². The van der Waals surface area contributed by atoms with Crippen LogP contribution in [0.25, 0.3) is 0 Å². The number of aliphatic hydroxyl groups is 3. The first-order valence-corrected chi connectivity index (χ1v) is 6.85. The summed E-state index contributed by atoms with van der Waals surface area (Å²) in [6.07, 6.45) is -6.81. The zero-order valence-electron chi connectivity index (χ0n) is 10.4. The molecule has 1 fully saturated rings. The summed E-state index contributed by atoms with van der Waals surface area (Å²) in [5.41, 5.74) is 0. The summed E-state index contributed by atoms with van der Waals surface area (Å²) in [5.74, 6) is 0. The van der Waals surface area contributed by atoms with Crippen molar-refractivity contribution in [3.8, 4) is 0 Å². The molecule has 1 aliphatic rings. The van der Waals surface area contributed by atoms with Gasteiger partial charge < -0.3 is 24.9 Å². The molecule has 1 heterocycles. The minimum absolute atomic E-state index is 0.291. The quantitative estimate of drug-likeness (QED) is 0.394. The van der Waals surface area contributed by atoms with Gasteiger partial charge in [-0.25, -0.2) is 4.57 Å². The number of hydrogen-bond acceptors (Lipinski definition) is 9. The number of phosphoric ester groups is 1. The maximum absolute atomic E-state index is 11.6. The molecule has 10 heteroatoms. The van der Waals surface area contributed by atoms with Crippen LogP contribution in [0.5, 0.6) is 0 Å². The fourth-order valence-electron chi connectivity index (χ4n) is 1.57. The van der Waals surface area contributed by atoms with Crippen molar-refractivity contribution in [2.45, 2.75) is 30.5 Å². The molecule has 0 spiro atoms. The first-order chi connectivity index (χ1) is 8.88. The van der Waals surface area contributed by atoms with E-state index in [0.717, 1.165) is 14.2 Å². The lowest BCUT2D eigenvalue weighted by Crippen LogP contribution is -2.59. The second-order valence-electron chi connectivity index (χ2n) is 3.86. The zero-order valence-corrected chi connectivity index (χ0v) is 11.3. The average Bonchev–Trinajstić information content (AvgIpc) is 2.43. The average molecular weight is 300 g/mol. The fraction of sp³-hybridized carbons (Fsp3) is 0.889. The molecule has 1 aliphatic heterocycles. The molecule has 0 radical (unpaired) electrons. The third-order valence-corrected chi connectivity index (χ3v) is 4.09. The molecule has 0 aliphatic carbocycles. The van der Waals surface area contributed by atoms with Gasteiger partial charge >= 0.3 is 7.82 Å². The maximum Gasteiger partial charge on any atom is 0.474 e. The molecule has 19 heavy (non-hydrogen) atoms. The number of phosphoric acid groups is 1. The monoisotopic (exact) mass is 300 g/mol. The third-order valence-electron chi connectivity index (χ3n) is 2.73. The molecule has 0 saturated carbocycles. The van der Waals surface area contributed by atoms with Crippen LogP contribution in [0, 0.1) is 0 Å². The Kier molecular flexibility index (Phi) is 6.03. The van der Waals surface area contributed by atoms with E-state index in [4.69, 9.17) is 9.26 Å². The summed E-state index contributed by atoms with van der Waals surface area (Å²) in [4.78, 5) is 10.7. The van der Waals surface area contributed by atoms with Crippen LogP contribution in [0.1, 0.15) is 0 Å². The topological polar surface area (TPSA) is 132 Å². The van der Waals surface area contributed by atoms with Gasteiger partial charge in [-0.3, -0.25) is 13.6 Å². The second-order valence-corrected chi connectivity index (χ2v) is 5.74. The normalized spacial score (nSPS) is 36.2. The van der Waals surface area contributed by atoms with Crippen LogP contribution in [-0.2, 0) is 27.7 Å². The van der Waals surface area contributed by atoms with E-state index in [1.807, 2.05) is 0 Å². The lowest BCUT2D eigenvalue weighted by atomic mass is 9.96. The fourth-order valence-corrected chi connectivity index (χ4v) is 2.26. The Balaban J connectivity index is 2.67. The number of ether oxygens (including phenoxy) is 1. The summed E-state index contributed by atoms with van der Waals surface area (Å²) in [6.45, 7) is -0.450. The van der Waals surface area contributed by atoms with Gasteiger partial charge in [-0.1, -0.05) is 0 Å². The third kappa shape index (κ3) is 3.80. The number of hydrogen-bond donors (Lipinski definition) is 3. The van der Waals surface area contributed by atoms with Gasteiger partial charge in [0.15, 0.2) is 6.29 Å². The Labute approximate surface area is 109 Å². The zero-order chi connectivity index (χ0) is 14.6. The molecule has 1 saturated heterocycles. The van der Waals surface area contributed by atoms with Gasteiger partial charge in [0.2, 0.25) is 0 Å². The molecule has 0 bridgehead atoms. The predicted octanol–water partition coefficient (Wildman–Crippen LogP) is -1.55. The van der Waals surface area contributed by atoms with E-state index < -0.39 is 44.9 Å². The molecule has 0 aromatic carbocycles. The number of rotatable bonds is 6. The summed E-state index contributed by atoms with van der Waals surface area (Å²) >= 11 is 0. The predicted molar refractivity (Wildman–Crippen MR) is 60.3 cm³/mol. The number of aliphatic hydroxyl groups excluding tert-OH is 3. The highest BCUT2D eigenvalue weighted by Crippen LogP contribution is 2.47. The highest BCUT2D eigenvalue weighted by Gasteiger charge is 2.44. The Morgan fingerprint density at radius 2 is 1.74 bits per heavy atom. The molecular weight excluding hydrogens is 283 g/mol. The SMILES string of the molecule is COP(=O)(OC)OCC1O[C@H](C=O)C(O)[C@@H](O)[C@@H]1O. The van der Waals surface area contributed by atoms with Crippen LogP contribution in [-0.4, -0.2) is 73.0 Å². The molecule has 9 nitrogen and oxygen atoms in total. The largest absolute Gasteiger partial charge is 0.474 e. The van der Waals surface area contributed by atoms with E-state index in [-0.39, 0.29) is 0 Å².